The van der Waals surface area contributed by atoms with Crippen molar-refractivity contribution in [3.05, 3.63) is 28.2 Å². The maximum atomic E-state index is 5.92. The fourth-order valence-electron chi connectivity index (χ4n) is 1.57. The Kier molecular flexibility index (Phi) is 3.24. The fraction of sp³-hybridized carbons (Fsp3) is 0.364. The van der Waals surface area contributed by atoms with Crippen molar-refractivity contribution in [2.75, 3.05) is 7.05 Å². The van der Waals surface area contributed by atoms with E-state index in [4.69, 9.17) is 11.6 Å². The molecule has 15 heavy (non-hydrogen) atoms. The maximum absolute atomic E-state index is 5.92. The van der Waals surface area contributed by atoms with Crippen molar-refractivity contribution in [3.8, 4) is 0 Å². The highest BCUT2D eigenvalue weighted by Gasteiger charge is 2.12. The second-order valence-electron chi connectivity index (χ2n) is 3.41. The van der Waals surface area contributed by atoms with E-state index in [1.807, 2.05) is 25.2 Å². The average molecular weight is 241 g/mol. The normalized spacial score (nSPS) is 13.3. The van der Waals surface area contributed by atoms with Crippen molar-refractivity contribution < 1.29 is 0 Å². The predicted octanol–water partition coefficient (Wildman–Crippen LogP) is 3.62. The lowest BCUT2D eigenvalue weighted by molar-refractivity contribution is 0.574. The molecule has 0 saturated heterocycles. The van der Waals surface area contributed by atoms with Gasteiger partial charge in [-0.2, -0.15) is 0 Å². The summed E-state index contributed by atoms with van der Waals surface area (Å²) in [5, 5.41) is 5.14. The number of hydrogen-bond donors (Lipinski definition) is 1. The molecule has 0 radical (unpaired) electrons. The van der Waals surface area contributed by atoms with Gasteiger partial charge < -0.3 is 5.32 Å². The number of halogens is 1. The lowest BCUT2D eigenvalue weighted by Crippen LogP contribution is -2.14. The van der Waals surface area contributed by atoms with Gasteiger partial charge in [0.15, 0.2) is 0 Å². The van der Waals surface area contributed by atoms with Crippen LogP contribution in [0.25, 0.3) is 10.2 Å². The van der Waals surface area contributed by atoms with E-state index < -0.39 is 0 Å². The first-order valence-corrected chi connectivity index (χ1v) is 6.17. The Hall–Kier alpha value is -0.640. The molecular weight excluding hydrogens is 228 g/mol. The van der Waals surface area contributed by atoms with Crippen molar-refractivity contribution in [1.29, 1.82) is 0 Å². The van der Waals surface area contributed by atoms with Crippen molar-refractivity contribution >= 4 is 33.2 Å². The summed E-state index contributed by atoms with van der Waals surface area (Å²) in [5.41, 5.74) is 0.996. The number of hydrogen-bond acceptors (Lipinski definition) is 3. The van der Waals surface area contributed by atoms with E-state index in [0.29, 0.717) is 6.04 Å². The van der Waals surface area contributed by atoms with E-state index in [0.717, 1.165) is 22.0 Å². The third-order valence-corrected chi connectivity index (χ3v) is 3.81. The Labute approximate surface area is 98.3 Å². The molecule has 1 atom stereocenters. The summed E-state index contributed by atoms with van der Waals surface area (Å²) in [6.07, 6.45) is 1.05. The minimum Gasteiger partial charge on any atom is -0.311 e. The topological polar surface area (TPSA) is 24.9 Å². The Morgan fingerprint density at radius 3 is 3.00 bits per heavy atom. The van der Waals surface area contributed by atoms with Crippen LogP contribution in [0.1, 0.15) is 24.4 Å². The van der Waals surface area contributed by atoms with Crippen LogP contribution < -0.4 is 5.32 Å². The fourth-order valence-corrected chi connectivity index (χ4v) is 2.88. The molecule has 0 bridgehead atoms. The third kappa shape index (κ3) is 2.14. The first-order chi connectivity index (χ1) is 7.24. The maximum Gasteiger partial charge on any atom is 0.111 e. The molecular formula is C11H13ClN2S. The number of nitrogens with zero attached hydrogens (tertiary/aromatic N) is 1. The van der Waals surface area contributed by atoms with Gasteiger partial charge in [0.05, 0.1) is 16.3 Å². The van der Waals surface area contributed by atoms with Crippen LogP contribution in [-0.4, -0.2) is 12.0 Å². The van der Waals surface area contributed by atoms with Gasteiger partial charge in [-0.3, -0.25) is 0 Å². The number of benzene rings is 1. The van der Waals surface area contributed by atoms with Crippen LogP contribution >= 0.6 is 22.9 Å². The molecule has 0 aliphatic carbocycles. The smallest absolute Gasteiger partial charge is 0.111 e. The molecule has 80 valence electrons. The van der Waals surface area contributed by atoms with E-state index in [-0.39, 0.29) is 0 Å². The van der Waals surface area contributed by atoms with Crippen molar-refractivity contribution in [1.82, 2.24) is 10.3 Å². The summed E-state index contributed by atoms with van der Waals surface area (Å²) in [6.45, 7) is 2.15. The lowest BCUT2D eigenvalue weighted by Gasteiger charge is -2.08. The second kappa shape index (κ2) is 4.47. The first kappa shape index (κ1) is 10.9. The molecule has 2 aromatic rings. The molecule has 1 N–H and O–H groups in total. The van der Waals surface area contributed by atoms with E-state index in [2.05, 4.69) is 17.2 Å². The van der Waals surface area contributed by atoms with Gasteiger partial charge in [0.1, 0.15) is 5.01 Å². The van der Waals surface area contributed by atoms with Crippen LogP contribution in [0.5, 0.6) is 0 Å². The molecule has 1 unspecified atom stereocenters. The average Bonchev–Trinajstić information content (AvgIpc) is 2.62. The summed E-state index contributed by atoms with van der Waals surface area (Å²) in [6, 6.07) is 6.20. The van der Waals surface area contributed by atoms with Gasteiger partial charge in [-0.1, -0.05) is 18.5 Å². The van der Waals surface area contributed by atoms with Crippen molar-refractivity contribution in [2.24, 2.45) is 0 Å². The van der Waals surface area contributed by atoms with Gasteiger partial charge in [-0.05, 0) is 31.7 Å². The number of rotatable bonds is 3. The van der Waals surface area contributed by atoms with Gasteiger partial charge in [-0.15, -0.1) is 11.3 Å². The molecule has 1 aromatic carbocycles. The zero-order valence-corrected chi connectivity index (χ0v) is 10.3. The Morgan fingerprint density at radius 2 is 2.33 bits per heavy atom. The summed E-state index contributed by atoms with van der Waals surface area (Å²) in [7, 11) is 1.97. The number of thiazole rings is 1. The molecule has 4 heteroatoms. The lowest BCUT2D eigenvalue weighted by atomic mass is 10.2. The Morgan fingerprint density at radius 1 is 1.53 bits per heavy atom. The van der Waals surface area contributed by atoms with Crippen LogP contribution in [-0.2, 0) is 0 Å². The van der Waals surface area contributed by atoms with E-state index >= 15 is 0 Å². The van der Waals surface area contributed by atoms with Crippen molar-refractivity contribution in [3.63, 3.8) is 0 Å². The highest BCUT2D eigenvalue weighted by Crippen LogP contribution is 2.29. The number of fused-ring (bicyclic) bond motifs is 1. The van der Waals surface area contributed by atoms with Crippen molar-refractivity contribution in [2.45, 2.75) is 19.4 Å². The predicted molar refractivity (Wildman–Crippen MR) is 66.7 cm³/mol. The zero-order valence-electron chi connectivity index (χ0n) is 8.75. The van der Waals surface area contributed by atoms with Gasteiger partial charge in [0.2, 0.25) is 0 Å². The zero-order chi connectivity index (χ0) is 10.8. The summed E-state index contributed by atoms with van der Waals surface area (Å²) < 4.78 is 1.20. The van der Waals surface area contributed by atoms with E-state index in [9.17, 15) is 0 Å². The van der Waals surface area contributed by atoms with Gasteiger partial charge >= 0.3 is 0 Å². The molecule has 0 saturated carbocycles. The minimum atomic E-state index is 0.348. The summed E-state index contributed by atoms with van der Waals surface area (Å²) in [4.78, 5) is 4.59. The minimum absolute atomic E-state index is 0.348. The van der Waals surface area contributed by atoms with Gasteiger partial charge in [-0.25, -0.2) is 4.98 Å². The van der Waals surface area contributed by atoms with Crippen LogP contribution in [0.2, 0.25) is 5.02 Å². The largest absolute Gasteiger partial charge is 0.311 e. The van der Waals surface area contributed by atoms with Gasteiger partial charge in [0, 0.05) is 5.02 Å². The molecule has 1 aromatic heterocycles. The number of nitrogens with one attached hydrogen (secondary N) is 1. The van der Waals surface area contributed by atoms with E-state index in [1.54, 1.807) is 11.3 Å². The van der Waals surface area contributed by atoms with Gasteiger partial charge in [0.25, 0.3) is 0 Å². The highest BCUT2D eigenvalue weighted by atomic mass is 35.5. The van der Waals surface area contributed by atoms with E-state index in [1.165, 1.54) is 4.70 Å². The molecule has 2 nitrogen and oxygen atoms in total. The summed E-state index contributed by atoms with van der Waals surface area (Å²) >= 11 is 7.66. The summed E-state index contributed by atoms with van der Waals surface area (Å²) in [5.74, 6) is 0. The standard InChI is InChI=1S/C11H13ClN2S/c1-3-8(13-2)11-14-9-6-7(12)4-5-10(9)15-11/h4-6,8,13H,3H2,1-2H3. The number of aromatic nitrogens is 1. The first-order valence-electron chi connectivity index (χ1n) is 4.98. The monoisotopic (exact) mass is 240 g/mol. The molecule has 0 amide bonds. The van der Waals surface area contributed by atoms with Crippen LogP contribution in [0.3, 0.4) is 0 Å². The molecule has 0 fully saturated rings. The van der Waals surface area contributed by atoms with Crippen LogP contribution in [0, 0.1) is 0 Å². The second-order valence-corrected chi connectivity index (χ2v) is 4.91. The van der Waals surface area contributed by atoms with Crippen LogP contribution in [0.4, 0.5) is 0 Å². The highest BCUT2D eigenvalue weighted by molar-refractivity contribution is 7.18. The Balaban J connectivity index is 2.46. The third-order valence-electron chi connectivity index (χ3n) is 2.42. The molecule has 0 aliphatic heterocycles. The molecule has 1 heterocycles. The molecule has 2 rings (SSSR count). The SMILES string of the molecule is CCC(NC)c1nc2cc(Cl)ccc2s1. The molecule has 0 aliphatic rings. The quantitative estimate of drug-likeness (QED) is 0.887. The molecule has 0 spiro atoms. The van der Waals surface area contributed by atoms with Crippen LogP contribution in [0.15, 0.2) is 18.2 Å². The Bertz CT molecular complexity index is 463.